The fourth-order valence-electron chi connectivity index (χ4n) is 2.66. The number of thioether (sulfide) groups is 1. The lowest BCUT2D eigenvalue weighted by Crippen LogP contribution is -2.42. The monoisotopic (exact) mass is 427 g/mol. The first kappa shape index (κ1) is 21.0. The van der Waals surface area contributed by atoms with Crippen molar-refractivity contribution in [2.24, 2.45) is 0 Å². The summed E-state index contributed by atoms with van der Waals surface area (Å²) in [5.74, 6) is -1.31. The van der Waals surface area contributed by atoms with Crippen molar-refractivity contribution < 1.29 is 14.5 Å². The molecule has 0 aliphatic carbocycles. The maximum atomic E-state index is 12.6. The van der Waals surface area contributed by atoms with Gasteiger partial charge in [-0.1, -0.05) is 30.0 Å². The van der Waals surface area contributed by atoms with E-state index >= 15 is 0 Å². The van der Waals surface area contributed by atoms with Crippen LogP contribution < -0.4 is 16.4 Å². The number of nitro benzene ring substituents is 1. The highest BCUT2D eigenvalue weighted by molar-refractivity contribution is 7.99. The number of benzene rings is 2. The summed E-state index contributed by atoms with van der Waals surface area (Å²) in [6.07, 6.45) is 0. The van der Waals surface area contributed by atoms with Crippen LogP contribution in [0.1, 0.15) is 17.3 Å². The van der Waals surface area contributed by atoms with Gasteiger partial charge in [0.15, 0.2) is 5.16 Å². The number of amides is 2. The molecule has 30 heavy (non-hydrogen) atoms. The number of nitrogens with one attached hydrogen (secondary N) is 2. The molecular weight excluding hydrogens is 410 g/mol. The fraction of sp³-hybridized carbons (Fsp3) is 0.158. The second kappa shape index (κ2) is 9.18. The number of aromatic nitrogens is 2. The maximum absolute atomic E-state index is 12.6. The molecule has 0 atom stereocenters. The summed E-state index contributed by atoms with van der Waals surface area (Å²) in [6, 6.07) is 12.1. The van der Waals surface area contributed by atoms with Crippen LogP contribution in [0.2, 0.25) is 0 Å². The van der Waals surface area contributed by atoms with E-state index in [-0.39, 0.29) is 22.6 Å². The van der Waals surface area contributed by atoms with Gasteiger partial charge < -0.3 is 0 Å². The smallest absolute Gasteiger partial charge is 0.270 e. The summed E-state index contributed by atoms with van der Waals surface area (Å²) in [5, 5.41) is 11.7. The molecule has 3 aromatic rings. The number of carbonyl (C=O) groups excluding carboxylic acids is 2. The second-order valence-electron chi connectivity index (χ2n) is 6.06. The highest BCUT2D eigenvalue weighted by Gasteiger charge is 2.14. The first-order valence-corrected chi connectivity index (χ1v) is 9.85. The van der Waals surface area contributed by atoms with E-state index in [0.29, 0.717) is 22.6 Å². The lowest BCUT2D eigenvalue weighted by Gasteiger charge is -2.11. The van der Waals surface area contributed by atoms with Crippen molar-refractivity contribution in [3.05, 3.63) is 74.6 Å². The summed E-state index contributed by atoms with van der Waals surface area (Å²) >= 11 is 1.06. The van der Waals surface area contributed by atoms with E-state index < -0.39 is 16.7 Å². The van der Waals surface area contributed by atoms with Gasteiger partial charge in [0.05, 0.1) is 21.6 Å². The molecular formula is C19H17N5O5S. The average molecular weight is 427 g/mol. The van der Waals surface area contributed by atoms with Gasteiger partial charge in [-0.25, -0.2) is 4.98 Å². The molecule has 154 valence electrons. The molecule has 0 spiro atoms. The minimum absolute atomic E-state index is 0.0353. The van der Waals surface area contributed by atoms with E-state index in [2.05, 4.69) is 15.8 Å². The molecule has 3 rings (SSSR count). The standard InChI is InChI=1S/C19H17N5O5S/c1-2-23-18(27)14-8-3-4-9-15(14)20-19(23)30-11-16(25)21-22-17(26)12-6-5-7-13(10-12)24(28)29/h3-10H,2,11H2,1H3,(H,21,25)(H,22,26). The summed E-state index contributed by atoms with van der Waals surface area (Å²) in [6.45, 7) is 2.20. The van der Waals surface area contributed by atoms with Crippen LogP contribution in [0.3, 0.4) is 0 Å². The van der Waals surface area contributed by atoms with Crippen LogP contribution >= 0.6 is 11.8 Å². The SMILES string of the molecule is CCn1c(SCC(=O)NNC(=O)c2cccc([N+](=O)[O-])c2)nc2ccccc2c1=O. The zero-order valence-electron chi connectivity index (χ0n) is 15.8. The Morgan fingerprint density at radius 2 is 1.93 bits per heavy atom. The fourth-order valence-corrected chi connectivity index (χ4v) is 3.53. The van der Waals surface area contributed by atoms with Crippen LogP contribution in [0, 0.1) is 10.1 Å². The van der Waals surface area contributed by atoms with Crippen LogP contribution in [0.5, 0.6) is 0 Å². The lowest BCUT2D eigenvalue weighted by atomic mass is 10.2. The van der Waals surface area contributed by atoms with Crippen molar-refractivity contribution in [3.8, 4) is 0 Å². The Kier molecular flexibility index (Phi) is 6.42. The Labute approximate surface area is 174 Å². The molecule has 1 aromatic heterocycles. The van der Waals surface area contributed by atoms with E-state index in [4.69, 9.17) is 0 Å². The normalized spacial score (nSPS) is 10.6. The van der Waals surface area contributed by atoms with E-state index in [1.807, 2.05) is 0 Å². The molecule has 0 radical (unpaired) electrons. The van der Waals surface area contributed by atoms with Gasteiger partial charge >= 0.3 is 0 Å². The molecule has 0 aliphatic heterocycles. The number of non-ortho nitro benzene ring substituents is 1. The van der Waals surface area contributed by atoms with Crippen LogP contribution in [0.4, 0.5) is 5.69 Å². The van der Waals surface area contributed by atoms with Crippen LogP contribution in [0.25, 0.3) is 10.9 Å². The van der Waals surface area contributed by atoms with Gasteiger partial charge in [-0.2, -0.15) is 0 Å². The van der Waals surface area contributed by atoms with Gasteiger partial charge in [0.25, 0.3) is 17.2 Å². The Morgan fingerprint density at radius 1 is 1.17 bits per heavy atom. The molecule has 11 heteroatoms. The van der Waals surface area contributed by atoms with Crippen molar-refractivity contribution in [1.82, 2.24) is 20.4 Å². The molecule has 2 N–H and O–H groups in total. The molecule has 2 aromatic carbocycles. The third-order valence-corrected chi connectivity index (χ3v) is 5.09. The molecule has 0 aliphatic rings. The van der Waals surface area contributed by atoms with E-state index in [1.54, 1.807) is 31.2 Å². The van der Waals surface area contributed by atoms with Crippen molar-refractivity contribution >= 4 is 40.2 Å². The zero-order valence-corrected chi connectivity index (χ0v) is 16.6. The molecule has 0 unspecified atom stereocenters. The molecule has 0 bridgehead atoms. The molecule has 0 saturated carbocycles. The van der Waals surface area contributed by atoms with Gasteiger partial charge in [-0.3, -0.25) is 39.9 Å². The number of nitro groups is 1. The summed E-state index contributed by atoms with van der Waals surface area (Å²) < 4.78 is 1.47. The summed E-state index contributed by atoms with van der Waals surface area (Å²) in [4.78, 5) is 51.4. The van der Waals surface area contributed by atoms with Gasteiger partial charge in [0.1, 0.15) is 0 Å². The number of para-hydroxylation sites is 1. The number of fused-ring (bicyclic) bond motifs is 1. The van der Waals surface area contributed by atoms with E-state index in [9.17, 15) is 24.5 Å². The van der Waals surface area contributed by atoms with Gasteiger partial charge in [-0.05, 0) is 25.1 Å². The molecule has 10 nitrogen and oxygen atoms in total. The van der Waals surface area contributed by atoms with Gasteiger partial charge in [0.2, 0.25) is 5.91 Å². The maximum Gasteiger partial charge on any atom is 0.270 e. The summed E-state index contributed by atoms with van der Waals surface area (Å²) in [5.41, 5.74) is 4.60. The van der Waals surface area contributed by atoms with Crippen LogP contribution in [-0.2, 0) is 11.3 Å². The Morgan fingerprint density at radius 3 is 2.67 bits per heavy atom. The largest absolute Gasteiger partial charge is 0.287 e. The third-order valence-electron chi connectivity index (χ3n) is 4.11. The minimum Gasteiger partial charge on any atom is -0.287 e. The number of hydrazine groups is 1. The summed E-state index contributed by atoms with van der Waals surface area (Å²) in [7, 11) is 0. The number of nitrogens with zero attached hydrogens (tertiary/aromatic N) is 3. The average Bonchev–Trinajstić information content (AvgIpc) is 2.76. The predicted octanol–water partition coefficient (Wildman–Crippen LogP) is 1.88. The van der Waals surface area contributed by atoms with Crippen LogP contribution in [-0.4, -0.2) is 32.0 Å². The second-order valence-corrected chi connectivity index (χ2v) is 7.00. The third kappa shape index (κ3) is 4.63. The topological polar surface area (TPSA) is 136 Å². The Bertz CT molecular complexity index is 1190. The number of rotatable bonds is 6. The van der Waals surface area contributed by atoms with Crippen molar-refractivity contribution in [2.75, 3.05) is 5.75 Å². The quantitative estimate of drug-likeness (QED) is 0.265. The van der Waals surface area contributed by atoms with Gasteiger partial charge in [-0.15, -0.1) is 0 Å². The molecule has 2 amide bonds. The number of hydrogen-bond donors (Lipinski definition) is 2. The van der Waals surface area contributed by atoms with Crippen molar-refractivity contribution in [1.29, 1.82) is 0 Å². The van der Waals surface area contributed by atoms with Crippen molar-refractivity contribution in [3.63, 3.8) is 0 Å². The van der Waals surface area contributed by atoms with E-state index in [0.717, 1.165) is 17.8 Å². The van der Waals surface area contributed by atoms with Gasteiger partial charge in [0, 0.05) is 24.2 Å². The first-order valence-electron chi connectivity index (χ1n) is 8.86. The number of hydrogen-bond acceptors (Lipinski definition) is 7. The molecule has 0 saturated heterocycles. The van der Waals surface area contributed by atoms with E-state index in [1.165, 1.54) is 22.8 Å². The van der Waals surface area contributed by atoms with Crippen LogP contribution in [0.15, 0.2) is 58.5 Å². The lowest BCUT2D eigenvalue weighted by molar-refractivity contribution is -0.384. The predicted molar refractivity (Wildman–Crippen MR) is 111 cm³/mol. The highest BCUT2D eigenvalue weighted by atomic mass is 32.2. The van der Waals surface area contributed by atoms with Crippen molar-refractivity contribution in [2.45, 2.75) is 18.6 Å². The number of carbonyl (C=O) groups is 2. The first-order chi connectivity index (χ1) is 14.4. The Balaban J connectivity index is 1.64. The highest BCUT2D eigenvalue weighted by Crippen LogP contribution is 2.17. The molecule has 1 heterocycles. The molecule has 0 fully saturated rings. The minimum atomic E-state index is -0.689. The Hall–Kier alpha value is -3.73. The zero-order chi connectivity index (χ0) is 21.7.